The Hall–Kier alpha value is -0.240. The molecule has 0 aromatic carbocycles. The van der Waals surface area contributed by atoms with E-state index in [9.17, 15) is 4.79 Å². The molecule has 0 aromatic heterocycles. The van der Waals surface area contributed by atoms with Gasteiger partial charge in [-0.05, 0) is 25.7 Å². The molecule has 0 atom stereocenters. The molecule has 1 nitrogen and oxygen atoms in total. The van der Waals surface area contributed by atoms with Gasteiger partial charge in [-0.1, -0.05) is 50.4 Å². The van der Waals surface area contributed by atoms with Crippen molar-refractivity contribution in [2.24, 2.45) is 0 Å². The smallest absolute Gasteiger partial charge is 0.188 e. The Bertz CT molecular complexity index is 178. The molecule has 0 aliphatic heterocycles. The van der Waals surface area contributed by atoms with Crippen LogP contribution in [0.15, 0.2) is 12.7 Å². The van der Waals surface area contributed by atoms with E-state index in [1.165, 1.54) is 43.9 Å². The van der Waals surface area contributed by atoms with Gasteiger partial charge in [0, 0.05) is 12.2 Å². The number of unbranched alkanes of at least 4 members (excludes halogenated alkanes) is 6. The van der Waals surface area contributed by atoms with Gasteiger partial charge < -0.3 is 0 Å². The summed E-state index contributed by atoms with van der Waals surface area (Å²) in [6.07, 6.45) is 12.3. The van der Waals surface area contributed by atoms with Crippen LogP contribution in [0.5, 0.6) is 0 Å². The largest absolute Gasteiger partial charge is 0.287 e. The average Bonchev–Trinajstić information content (AvgIpc) is 2.28. The maximum absolute atomic E-state index is 11.5. The molecule has 0 radical (unpaired) electrons. The Labute approximate surface area is 105 Å². The predicted octanol–water partition coefficient (Wildman–Crippen LogP) is 4.96. The van der Waals surface area contributed by atoms with Crippen molar-refractivity contribution < 1.29 is 4.79 Å². The first-order valence-corrected chi connectivity index (χ1v) is 7.56. The Morgan fingerprint density at radius 1 is 1.12 bits per heavy atom. The molecule has 94 valence electrons. The lowest BCUT2D eigenvalue weighted by molar-refractivity contribution is -0.111. The molecule has 0 amide bonds. The standard InChI is InChI=1S/C14H26OS/c1-3-5-7-9-10-12-14(15)16-13-11-8-6-4-2/h4H,2-3,5-13H2,1H3. The van der Waals surface area contributed by atoms with Gasteiger partial charge in [0.1, 0.15) is 0 Å². The molecule has 0 saturated heterocycles. The van der Waals surface area contributed by atoms with Gasteiger partial charge in [-0.3, -0.25) is 4.79 Å². The van der Waals surface area contributed by atoms with Crippen LogP contribution in [-0.4, -0.2) is 10.9 Å². The molecule has 0 aromatic rings. The van der Waals surface area contributed by atoms with Gasteiger partial charge in [0.25, 0.3) is 0 Å². The highest BCUT2D eigenvalue weighted by molar-refractivity contribution is 8.13. The monoisotopic (exact) mass is 242 g/mol. The summed E-state index contributed by atoms with van der Waals surface area (Å²) in [6.45, 7) is 5.90. The van der Waals surface area contributed by atoms with Crippen LogP contribution in [0.3, 0.4) is 0 Å². The average molecular weight is 242 g/mol. The Morgan fingerprint density at radius 2 is 1.88 bits per heavy atom. The zero-order chi connectivity index (χ0) is 12.1. The SMILES string of the molecule is C=CCCCCSC(=O)CCCCCCC. The molecular formula is C14H26OS. The van der Waals surface area contributed by atoms with Gasteiger partial charge in [-0.2, -0.15) is 0 Å². The summed E-state index contributed by atoms with van der Waals surface area (Å²) >= 11 is 1.52. The highest BCUT2D eigenvalue weighted by Crippen LogP contribution is 2.13. The van der Waals surface area contributed by atoms with Crippen LogP contribution < -0.4 is 0 Å². The van der Waals surface area contributed by atoms with Crippen LogP contribution in [0.2, 0.25) is 0 Å². The molecule has 0 bridgehead atoms. The fraction of sp³-hybridized carbons (Fsp3) is 0.786. The number of hydrogen-bond donors (Lipinski definition) is 0. The predicted molar refractivity (Wildman–Crippen MR) is 74.9 cm³/mol. The summed E-state index contributed by atoms with van der Waals surface area (Å²) in [5.41, 5.74) is 0. The lowest BCUT2D eigenvalue weighted by Gasteiger charge is -2.01. The fourth-order valence-electron chi connectivity index (χ4n) is 1.52. The fourth-order valence-corrected chi connectivity index (χ4v) is 2.39. The number of carbonyl (C=O) groups is 1. The van der Waals surface area contributed by atoms with Crippen LogP contribution in [0.4, 0.5) is 0 Å². The second-order valence-electron chi connectivity index (χ2n) is 4.17. The number of allylic oxidation sites excluding steroid dienone is 1. The van der Waals surface area contributed by atoms with Crippen molar-refractivity contribution in [3.05, 3.63) is 12.7 Å². The molecule has 0 heterocycles. The third-order valence-corrected chi connectivity index (χ3v) is 3.57. The molecule has 0 aliphatic carbocycles. The zero-order valence-corrected chi connectivity index (χ0v) is 11.5. The van der Waals surface area contributed by atoms with Gasteiger partial charge in [-0.15, -0.1) is 6.58 Å². The summed E-state index contributed by atoms with van der Waals surface area (Å²) in [5.74, 6) is 0.988. The molecule has 16 heavy (non-hydrogen) atoms. The van der Waals surface area contributed by atoms with E-state index in [0.717, 1.165) is 31.4 Å². The second kappa shape index (κ2) is 12.8. The van der Waals surface area contributed by atoms with Gasteiger partial charge >= 0.3 is 0 Å². The molecular weight excluding hydrogens is 216 g/mol. The van der Waals surface area contributed by atoms with Gasteiger partial charge in [-0.25, -0.2) is 0 Å². The van der Waals surface area contributed by atoms with Crippen LogP contribution in [0.25, 0.3) is 0 Å². The molecule has 0 spiro atoms. The highest BCUT2D eigenvalue weighted by atomic mass is 32.2. The normalized spacial score (nSPS) is 10.3. The van der Waals surface area contributed by atoms with Gasteiger partial charge in [0.2, 0.25) is 0 Å². The van der Waals surface area contributed by atoms with Crippen molar-refractivity contribution >= 4 is 16.9 Å². The molecule has 2 heteroatoms. The molecule has 0 rings (SSSR count). The maximum Gasteiger partial charge on any atom is 0.188 e. The van der Waals surface area contributed by atoms with E-state index < -0.39 is 0 Å². The summed E-state index contributed by atoms with van der Waals surface area (Å²) in [7, 11) is 0. The number of rotatable bonds is 11. The molecule has 0 unspecified atom stereocenters. The van der Waals surface area contributed by atoms with E-state index in [2.05, 4.69) is 13.5 Å². The van der Waals surface area contributed by atoms with Crippen molar-refractivity contribution in [1.82, 2.24) is 0 Å². The second-order valence-corrected chi connectivity index (χ2v) is 5.32. The van der Waals surface area contributed by atoms with Crippen molar-refractivity contribution in [3.63, 3.8) is 0 Å². The molecule has 0 N–H and O–H groups in total. The highest BCUT2D eigenvalue weighted by Gasteiger charge is 2.01. The number of carbonyl (C=O) groups excluding carboxylic acids is 1. The third kappa shape index (κ3) is 11.8. The van der Waals surface area contributed by atoms with E-state index in [0.29, 0.717) is 5.12 Å². The number of hydrogen-bond acceptors (Lipinski definition) is 2. The minimum Gasteiger partial charge on any atom is -0.287 e. The Morgan fingerprint density at radius 3 is 2.56 bits per heavy atom. The van der Waals surface area contributed by atoms with Crippen LogP contribution in [0, 0.1) is 0 Å². The first-order valence-electron chi connectivity index (χ1n) is 6.57. The van der Waals surface area contributed by atoms with Crippen molar-refractivity contribution in [3.8, 4) is 0 Å². The van der Waals surface area contributed by atoms with Crippen LogP contribution >= 0.6 is 11.8 Å². The van der Waals surface area contributed by atoms with Crippen molar-refractivity contribution in [2.45, 2.75) is 64.7 Å². The summed E-state index contributed by atoms with van der Waals surface area (Å²) in [6, 6.07) is 0. The van der Waals surface area contributed by atoms with Crippen molar-refractivity contribution in [1.29, 1.82) is 0 Å². The Balaban J connectivity index is 3.15. The Kier molecular flexibility index (Phi) is 12.6. The first kappa shape index (κ1) is 15.8. The molecule has 0 aliphatic rings. The lowest BCUT2D eigenvalue weighted by atomic mass is 10.1. The van der Waals surface area contributed by atoms with Crippen LogP contribution in [0.1, 0.15) is 64.7 Å². The third-order valence-electron chi connectivity index (χ3n) is 2.55. The summed E-state index contributed by atoms with van der Waals surface area (Å²) in [5, 5.41) is 0.384. The number of thioether (sulfide) groups is 1. The minimum atomic E-state index is 0.384. The summed E-state index contributed by atoms with van der Waals surface area (Å²) in [4.78, 5) is 11.5. The topological polar surface area (TPSA) is 17.1 Å². The van der Waals surface area contributed by atoms with Gasteiger partial charge in [0.05, 0.1) is 0 Å². The van der Waals surface area contributed by atoms with E-state index >= 15 is 0 Å². The van der Waals surface area contributed by atoms with E-state index in [1.807, 2.05) is 6.08 Å². The quantitative estimate of drug-likeness (QED) is 0.376. The molecule has 0 fully saturated rings. The first-order chi connectivity index (χ1) is 7.81. The van der Waals surface area contributed by atoms with E-state index in [-0.39, 0.29) is 0 Å². The molecule has 0 saturated carbocycles. The van der Waals surface area contributed by atoms with Crippen molar-refractivity contribution in [2.75, 3.05) is 5.75 Å². The summed E-state index contributed by atoms with van der Waals surface area (Å²) < 4.78 is 0. The minimum absolute atomic E-state index is 0.384. The van der Waals surface area contributed by atoms with Crippen LogP contribution in [-0.2, 0) is 4.79 Å². The van der Waals surface area contributed by atoms with E-state index in [4.69, 9.17) is 0 Å². The zero-order valence-electron chi connectivity index (χ0n) is 10.7. The van der Waals surface area contributed by atoms with Gasteiger partial charge in [0.15, 0.2) is 5.12 Å². The maximum atomic E-state index is 11.5. The lowest BCUT2D eigenvalue weighted by Crippen LogP contribution is -1.93. The van der Waals surface area contributed by atoms with E-state index in [1.54, 1.807) is 0 Å².